The van der Waals surface area contributed by atoms with Crippen LogP contribution in [0.25, 0.3) is 5.82 Å². The van der Waals surface area contributed by atoms with Crippen molar-refractivity contribution in [2.75, 3.05) is 16.4 Å². The third-order valence-corrected chi connectivity index (χ3v) is 4.93. The fourth-order valence-electron chi connectivity index (χ4n) is 3.28. The van der Waals surface area contributed by atoms with Crippen molar-refractivity contribution in [1.29, 1.82) is 0 Å². The third kappa shape index (κ3) is 4.98. The van der Waals surface area contributed by atoms with Crippen LogP contribution in [0.4, 0.5) is 36.3 Å². The van der Waals surface area contributed by atoms with Gasteiger partial charge in [0.25, 0.3) is 5.91 Å². The van der Waals surface area contributed by atoms with E-state index in [0.717, 1.165) is 17.7 Å². The van der Waals surface area contributed by atoms with Crippen molar-refractivity contribution in [2.24, 2.45) is 0 Å². The highest BCUT2D eigenvalue weighted by Gasteiger charge is 2.30. The molecule has 2 heterocycles. The van der Waals surface area contributed by atoms with E-state index in [1.165, 1.54) is 12.1 Å². The van der Waals surface area contributed by atoms with Crippen molar-refractivity contribution in [1.82, 2.24) is 19.7 Å². The van der Waals surface area contributed by atoms with E-state index in [0.29, 0.717) is 28.7 Å². The van der Waals surface area contributed by atoms with Gasteiger partial charge < -0.3 is 16.4 Å². The van der Waals surface area contributed by atoms with E-state index in [2.05, 4.69) is 25.7 Å². The zero-order chi connectivity index (χ0) is 24.5. The minimum Gasteiger partial charge on any atom is -0.368 e. The van der Waals surface area contributed by atoms with E-state index in [9.17, 15) is 18.0 Å². The zero-order valence-corrected chi connectivity index (χ0v) is 18.2. The van der Waals surface area contributed by atoms with Gasteiger partial charge in [-0.2, -0.15) is 27.9 Å². The second-order valence-electron chi connectivity index (χ2n) is 7.54. The van der Waals surface area contributed by atoms with Gasteiger partial charge in [-0.3, -0.25) is 4.79 Å². The maximum Gasteiger partial charge on any atom is 0.416 e. The Morgan fingerprint density at radius 2 is 1.82 bits per heavy atom. The number of nitrogens with two attached hydrogens (primary N) is 1. The number of hydrogen-bond donors (Lipinski definition) is 3. The molecule has 0 spiro atoms. The van der Waals surface area contributed by atoms with Crippen LogP contribution < -0.4 is 16.4 Å². The summed E-state index contributed by atoms with van der Waals surface area (Å²) in [5.74, 6) is 0.524. The molecule has 2 aromatic carbocycles. The van der Waals surface area contributed by atoms with Gasteiger partial charge in [-0.05, 0) is 49.7 Å². The van der Waals surface area contributed by atoms with Crippen LogP contribution in [0.1, 0.15) is 27.2 Å². The SMILES string of the molecule is Cc1cc(-n2nccc2Nc2cc(NC(=O)c3cccc(C(F)(F)F)c3)ccc2C)nc(N)n1. The Hall–Kier alpha value is -4.41. The van der Waals surface area contributed by atoms with Gasteiger partial charge in [0.05, 0.1) is 11.8 Å². The number of hydrogen-bond acceptors (Lipinski definition) is 6. The number of anilines is 4. The lowest BCUT2D eigenvalue weighted by molar-refractivity contribution is -0.137. The molecule has 0 radical (unpaired) electrons. The van der Waals surface area contributed by atoms with Crippen molar-refractivity contribution in [2.45, 2.75) is 20.0 Å². The molecule has 8 nitrogen and oxygen atoms in total. The van der Waals surface area contributed by atoms with Crippen LogP contribution in [0.2, 0.25) is 0 Å². The van der Waals surface area contributed by atoms with Crippen molar-refractivity contribution in [3.05, 3.63) is 83.2 Å². The Balaban J connectivity index is 1.57. The Labute approximate surface area is 192 Å². The van der Waals surface area contributed by atoms with Crippen LogP contribution in [-0.4, -0.2) is 25.7 Å². The molecule has 0 saturated carbocycles. The van der Waals surface area contributed by atoms with Gasteiger partial charge in [0, 0.05) is 34.8 Å². The first kappa shape index (κ1) is 22.8. The molecular formula is C23H20F3N7O. The molecule has 0 aliphatic rings. The first-order valence-corrected chi connectivity index (χ1v) is 10.1. The standard InChI is InChI=1S/C23H20F3N7O/c1-13-6-7-17(30-21(34)15-4-3-5-16(11-15)23(24,25)26)12-18(13)31-19-8-9-28-33(19)20-10-14(2)29-22(27)32-20/h3-12,31H,1-2H3,(H,30,34)(H2,27,29,32). The van der Waals surface area contributed by atoms with E-state index >= 15 is 0 Å². The van der Waals surface area contributed by atoms with Crippen LogP contribution in [0.5, 0.6) is 0 Å². The fourth-order valence-corrected chi connectivity index (χ4v) is 3.28. The summed E-state index contributed by atoms with van der Waals surface area (Å²) in [5.41, 5.74) is 7.37. The van der Waals surface area contributed by atoms with Gasteiger partial charge in [0.1, 0.15) is 5.82 Å². The molecule has 0 bridgehead atoms. The number of rotatable bonds is 5. The molecule has 34 heavy (non-hydrogen) atoms. The van der Waals surface area contributed by atoms with Crippen molar-refractivity contribution >= 4 is 29.0 Å². The molecule has 0 unspecified atom stereocenters. The van der Waals surface area contributed by atoms with Crippen LogP contribution >= 0.6 is 0 Å². The van der Waals surface area contributed by atoms with E-state index in [1.54, 1.807) is 48.1 Å². The minimum atomic E-state index is -4.53. The van der Waals surface area contributed by atoms with Crippen LogP contribution in [0.3, 0.4) is 0 Å². The van der Waals surface area contributed by atoms with Gasteiger partial charge >= 0.3 is 6.18 Å². The largest absolute Gasteiger partial charge is 0.416 e. The molecule has 4 N–H and O–H groups in total. The summed E-state index contributed by atoms with van der Waals surface area (Å²) < 4.78 is 40.5. The summed E-state index contributed by atoms with van der Waals surface area (Å²) in [6.45, 7) is 3.66. The summed E-state index contributed by atoms with van der Waals surface area (Å²) in [6, 6.07) is 12.8. The number of aromatic nitrogens is 4. The molecule has 2 aromatic heterocycles. The van der Waals surface area contributed by atoms with Crippen molar-refractivity contribution in [3.63, 3.8) is 0 Å². The first-order chi connectivity index (χ1) is 16.1. The second kappa shape index (κ2) is 8.85. The van der Waals surface area contributed by atoms with Crippen molar-refractivity contribution < 1.29 is 18.0 Å². The second-order valence-corrected chi connectivity index (χ2v) is 7.54. The predicted octanol–water partition coefficient (Wildman–Crippen LogP) is 4.88. The highest BCUT2D eigenvalue weighted by Crippen LogP contribution is 2.30. The number of carbonyl (C=O) groups excluding carboxylic acids is 1. The molecule has 0 atom stereocenters. The number of nitrogens with zero attached hydrogens (tertiary/aromatic N) is 4. The molecule has 0 aliphatic carbocycles. The highest BCUT2D eigenvalue weighted by atomic mass is 19.4. The first-order valence-electron chi connectivity index (χ1n) is 10.1. The Bertz CT molecular complexity index is 1340. The van der Waals surface area contributed by atoms with E-state index in [1.807, 2.05) is 6.92 Å². The maximum atomic E-state index is 13.0. The molecule has 174 valence electrons. The lowest BCUT2D eigenvalue weighted by Gasteiger charge is -2.14. The Morgan fingerprint density at radius 3 is 2.56 bits per heavy atom. The number of alkyl halides is 3. The summed E-state index contributed by atoms with van der Waals surface area (Å²) in [6.07, 6.45) is -2.95. The molecule has 1 amide bonds. The quantitative estimate of drug-likeness (QED) is 0.386. The third-order valence-electron chi connectivity index (χ3n) is 4.93. The summed E-state index contributed by atoms with van der Waals surface area (Å²) in [7, 11) is 0. The van der Waals surface area contributed by atoms with E-state index in [-0.39, 0.29) is 11.5 Å². The average molecular weight is 467 g/mol. The number of aryl methyl sites for hydroxylation is 2. The normalized spacial score (nSPS) is 11.3. The number of nitrogens with one attached hydrogen (secondary N) is 2. The lowest BCUT2D eigenvalue weighted by Crippen LogP contribution is -2.14. The van der Waals surface area contributed by atoms with E-state index in [4.69, 9.17) is 5.73 Å². The molecule has 0 saturated heterocycles. The zero-order valence-electron chi connectivity index (χ0n) is 18.2. The minimum absolute atomic E-state index is 0.0975. The van der Waals surface area contributed by atoms with Gasteiger partial charge in [0.15, 0.2) is 5.82 Å². The van der Waals surface area contributed by atoms with Crippen LogP contribution in [0, 0.1) is 13.8 Å². The van der Waals surface area contributed by atoms with Crippen LogP contribution in [-0.2, 0) is 6.18 Å². The Kier molecular flexibility index (Phi) is 5.93. The van der Waals surface area contributed by atoms with Crippen LogP contribution in [0.15, 0.2) is 60.8 Å². The average Bonchev–Trinajstić information content (AvgIpc) is 3.23. The van der Waals surface area contributed by atoms with Gasteiger partial charge in [-0.25, -0.2) is 4.98 Å². The topological polar surface area (TPSA) is 111 Å². The number of benzene rings is 2. The van der Waals surface area contributed by atoms with Gasteiger partial charge in [0.2, 0.25) is 5.95 Å². The number of halogens is 3. The summed E-state index contributed by atoms with van der Waals surface area (Å²) in [4.78, 5) is 20.8. The van der Waals surface area contributed by atoms with Crippen molar-refractivity contribution in [3.8, 4) is 5.82 Å². The fraction of sp³-hybridized carbons (Fsp3) is 0.130. The summed E-state index contributed by atoms with van der Waals surface area (Å²) >= 11 is 0. The predicted molar refractivity (Wildman–Crippen MR) is 122 cm³/mol. The molecule has 4 aromatic rings. The number of carbonyl (C=O) groups is 1. The highest BCUT2D eigenvalue weighted by molar-refractivity contribution is 6.04. The molecule has 4 rings (SSSR count). The lowest BCUT2D eigenvalue weighted by atomic mass is 10.1. The van der Waals surface area contributed by atoms with Gasteiger partial charge in [-0.1, -0.05) is 12.1 Å². The molecule has 0 fully saturated rings. The van der Waals surface area contributed by atoms with Gasteiger partial charge in [-0.15, -0.1) is 0 Å². The number of amides is 1. The maximum absolute atomic E-state index is 13.0. The molecule has 11 heteroatoms. The number of nitrogen functional groups attached to an aromatic ring is 1. The summed E-state index contributed by atoms with van der Waals surface area (Å²) in [5, 5.41) is 10.2. The smallest absolute Gasteiger partial charge is 0.368 e. The van der Waals surface area contributed by atoms with E-state index < -0.39 is 17.6 Å². The Morgan fingerprint density at radius 1 is 1.03 bits per heavy atom. The monoisotopic (exact) mass is 467 g/mol. The molecule has 0 aliphatic heterocycles. The molecular weight excluding hydrogens is 447 g/mol.